The highest BCUT2D eigenvalue weighted by Gasteiger charge is 2.11. The van der Waals surface area contributed by atoms with Gasteiger partial charge in [0.05, 0.1) is 6.61 Å². The molecule has 0 amide bonds. The van der Waals surface area contributed by atoms with E-state index in [1.54, 1.807) is 14.2 Å². The van der Waals surface area contributed by atoms with Crippen molar-refractivity contribution in [1.29, 1.82) is 0 Å². The number of nitrogens with zero attached hydrogens (tertiary/aromatic N) is 2. The average Bonchev–Trinajstić information content (AvgIpc) is 2.42. The Kier molecular flexibility index (Phi) is 7.48. The maximum atomic E-state index is 5.37. The van der Waals surface area contributed by atoms with E-state index >= 15 is 0 Å². The Morgan fingerprint density at radius 2 is 2.00 bits per heavy atom. The molecule has 0 fully saturated rings. The third-order valence-electron chi connectivity index (χ3n) is 2.66. The molecule has 1 aromatic heterocycles. The molecule has 1 atom stereocenters. The van der Waals surface area contributed by atoms with Gasteiger partial charge >= 0.3 is 0 Å². The number of aromatic nitrogens is 2. The summed E-state index contributed by atoms with van der Waals surface area (Å²) in [6, 6.07) is 0. The van der Waals surface area contributed by atoms with E-state index in [0.717, 1.165) is 37.3 Å². The van der Waals surface area contributed by atoms with Crippen LogP contribution in [-0.4, -0.2) is 37.3 Å². The van der Waals surface area contributed by atoms with Crippen molar-refractivity contribution in [2.45, 2.75) is 32.4 Å². The van der Waals surface area contributed by atoms with Gasteiger partial charge in [-0.15, -0.1) is 0 Å². The normalized spacial score (nSPS) is 12.6. The van der Waals surface area contributed by atoms with E-state index in [4.69, 9.17) is 9.47 Å². The zero-order valence-corrected chi connectivity index (χ0v) is 11.5. The summed E-state index contributed by atoms with van der Waals surface area (Å²) in [5.74, 6) is 0.764. The minimum absolute atomic E-state index is 0.00509. The van der Waals surface area contributed by atoms with Crippen LogP contribution < -0.4 is 5.32 Å². The summed E-state index contributed by atoms with van der Waals surface area (Å²) in [4.78, 5) is 8.72. The van der Waals surface area contributed by atoms with E-state index in [9.17, 15) is 0 Å². The highest BCUT2D eigenvalue weighted by molar-refractivity contribution is 5.06. The first-order chi connectivity index (χ1) is 8.81. The van der Waals surface area contributed by atoms with Crippen molar-refractivity contribution in [2.75, 3.05) is 27.4 Å². The molecule has 1 heterocycles. The molecule has 5 nitrogen and oxygen atoms in total. The summed E-state index contributed by atoms with van der Waals surface area (Å²) < 4.78 is 10.3. The van der Waals surface area contributed by atoms with E-state index in [-0.39, 0.29) is 6.10 Å². The van der Waals surface area contributed by atoms with Gasteiger partial charge in [-0.25, -0.2) is 9.97 Å². The average molecular weight is 253 g/mol. The fourth-order valence-electron chi connectivity index (χ4n) is 1.64. The second kappa shape index (κ2) is 8.97. The molecule has 5 heteroatoms. The molecular formula is C13H23N3O2. The molecule has 0 spiro atoms. The number of methoxy groups -OCH3 is 2. The van der Waals surface area contributed by atoms with Crippen LogP contribution in [0.2, 0.25) is 0 Å². The molecule has 0 aromatic carbocycles. The first-order valence-corrected chi connectivity index (χ1v) is 6.35. The third kappa shape index (κ3) is 5.08. The minimum Gasteiger partial charge on any atom is -0.383 e. The molecule has 0 saturated heterocycles. The molecular weight excluding hydrogens is 230 g/mol. The summed E-state index contributed by atoms with van der Waals surface area (Å²) in [6.45, 7) is 4.42. The van der Waals surface area contributed by atoms with Crippen molar-refractivity contribution in [3.8, 4) is 0 Å². The van der Waals surface area contributed by atoms with Crippen molar-refractivity contribution in [2.24, 2.45) is 0 Å². The van der Waals surface area contributed by atoms with Gasteiger partial charge in [0.2, 0.25) is 0 Å². The lowest BCUT2D eigenvalue weighted by Crippen LogP contribution is -2.19. The van der Waals surface area contributed by atoms with Crippen LogP contribution in [0.1, 0.15) is 37.3 Å². The maximum absolute atomic E-state index is 5.37. The first kappa shape index (κ1) is 15.0. The summed E-state index contributed by atoms with van der Waals surface area (Å²) in [6.07, 6.45) is 5.71. The van der Waals surface area contributed by atoms with Crippen LogP contribution in [-0.2, 0) is 16.0 Å². The zero-order chi connectivity index (χ0) is 13.2. The van der Waals surface area contributed by atoms with E-state index < -0.39 is 0 Å². The Morgan fingerprint density at radius 1 is 1.28 bits per heavy atom. The van der Waals surface area contributed by atoms with Gasteiger partial charge in [0.15, 0.2) is 5.82 Å². The highest BCUT2D eigenvalue weighted by atomic mass is 16.5. The highest BCUT2D eigenvalue weighted by Crippen LogP contribution is 2.17. The summed E-state index contributed by atoms with van der Waals surface area (Å²) in [5.41, 5.74) is 1.07. The van der Waals surface area contributed by atoms with Crippen molar-refractivity contribution >= 4 is 0 Å². The van der Waals surface area contributed by atoms with E-state index in [2.05, 4.69) is 22.2 Å². The fraction of sp³-hybridized carbons (Fsp3) is 0.692. The monoisotopic (exact) mass is 253 g/mol. The lowest BCUT2D eigenvalue weighted by atomic mass is 10.2. The zero-order valence-electron chi connectivity index (χ0n) is 11.5. The quantitative estimate of drug-likeness (QED) is 0.679. The largest absolute Gasteiger partial charge is 0.383 e. The maximum Gasteiger partial charge on any atom is 0.157 e. The molecule has 1 N–H and O–H groups in total. The molecule has 0 saturated carbocycles. The SMILES string of the molecule is CCCC(OC)c1ncc(CNCCOC)cn1. The Balaban J connectivity index is 2.45. The van der Waals surface area contributed by atoms with Crippen molar-refractivity contribution in [3.05, 3.63) is 23.8 Å². The molecule has 0 aliphatic heterocycles. The van der Waals surface area contributed by atoms with Gasteiger partial charge in [-0.3, -0.25) is 0 Å². The third-order valence-corrected chi connectivity index (χ3v) is 2.66. The molecule has 0 aliphatic rings. The minimum atomic E-state index is 0.00509. The van der Waals surface area contributed by atoms with Crippen LogP contribution in [0.5, 0.6) is 0 Å². The molecule has 0 aliphatic carbocycles. The molecule has 0 radical (unpaired) electrons. The lowest BCUT2D eigenvalue weighted by molar-refractivity contribution is 0.0875. The van der Waals surface area contributed by atoms with Crippen molar-refractivity contribution in [1.82, 2.24) is 15.3 Å². The Bertz CT molecular complexity index is 317. The summed E-state index contributed by atoms with van der Waals surface area (Å²) >= 11 is 0. The van der Waals surface area contributed by atoms with Gasteiger partial charge in [0, 0.05) is 45.3 Å². The summed E-state index contributed by atoms with van der Waals surface area (Å²) in [7, 11) is 3.39. The second-order valence-corrected chi connectivity index (χ2v) is 4.13. The number of hydrogen-bond acceptors (Lipinski definition) is 5. The van der Waals surface area contributed by atoms with Crippen molar-refractivity contribution < 1.29 is 9.47 Å². The predicted octanol–water partition coefficient (Wildman–Crippen LogP) is 1.70. The topological polar surface area (TPSA) is 56.3 Å². The number of ether oxygens (including phenoxy) is 2. The summed E-state index contributed by atoms with van der Waals surface area (Å²) in [5, 5.41) is 3.25. The van der Waals surface area contributed by atoms with E-state index in [1.807, 2.05) is 12.4 Å². The standard InChI is InChI=1S/C13H23N3O2/c1-4-5-12(18-3)13-15-9-11(10-16-13)8-14-6-7-17-2/h9-10,12,14H,4-8H2,1-3H3. The van der Waals surface area contributed by atoms with Crippen molar-refractivity contribution in [3.63, 3.8) is 0 Å². The predicted molar refractivity (Wildman–Crippen MR) is 70.3 cm³/mol. The van der Waals surface area contributed by atoms with Gasteiger partial charge in [-0.1, -0.05) is 13.3 Å². The molecule has 18 heavy (non-hydrogen) atoms. The van der Waals surface area contributed by atoms with Gasteiger partial charge in [-0.2, -0.15) is 0 Å². The van der Waals surface area contributed by atoms with Crippen LogP contribution in [0.25, 0.3) is 0 Å². The van der Waals surface area contributed by atoms with Crippen LogP contribution in [0, 0.1) is 0 Å². The molecule has 0 bridgehead atoms. The second-order valence-electron chi connectivity index (χ2n) is 4.13. The van der Waals surface area contributed by atoms with Gasteiger partial charge in [0.25, 0.3) is 0 Å². The molecule has 1 unspecified atom stereocenters. The van der Waals surface area contributed by atoms with Gasteiger partial charge < -0.3 is 14.8 Å². The van der Waals surface area contributed by atoms with Crippen LogP contribution in [0.15, 0.2) is 12.4 Å². The van der Waals surface area contributed by atoms with E-state index in [1.165, 1.54) is 0 Å². The number of hydrogen-bond donors (Lipinski definition) is 1. The first-order valence-electron chi connectivity index (χ1n) is 6.35. The Hall–Kier alpha value is -1.04. The Morgan fingerprint density at radius 3 is 2.56 bits per heavy atom. The van der Waals surface area contributed by atoms with E-state index in [0.29, 0.717) is 6.61 Å². The number of rotatable bonds is 9. The fourth-order valence-corrected chi connectivity index (χ4v) is 1.64. The molecule has 102 valence electrons. The Labute approximate surface area is 109 Å². The number of nitrogens with one attached hydrogen (secondary N) is 1. The smallest absolute Gasteiger partial charge is 0.157 e. The molecule has 1 rings (SSSR count). The van der Waals surface area contributed by atoms with Crippen LogP contribution in [0.3, 0.4) is 0 Å². The van der Waals surface area contributed by atoms with Gasteiger partial charge in [-0.05, 0) is 6.42 Å². The van der Waals surface area contributed by atoms with Gasteiger partial charge in [0.1, 0.15) is 6.10 Å². The molecule has 1 aromatic rings. The van der Waals surface area contributed by atoms with Crippen LogP contribution >= 0.6 is 0 Å². The van der Waals surface area contributed by atoms with Crippen LogP contribution in [0.4, 0.5) is 0 Å². The lowest BCUT2D eigenvalue weighted by Gasteiger charge is -2.12.